The van der Waals surface area contributed by atoms with Gasteiger partial charge in [-0.2, -0.15) is 13.2 Å². The van der Waals surface area contributed by atoms with E-state index in [1.165, 1.54) is 31.2 Å². The van der Waals surface area contributed by atoms with E-state index in [-0.39, 0.29) is 17.7 Å². The highest BCUT2D eigenvalue weighted by Crippen LogP contribution is 2.53. The van der Waals surface area contributed by atoms with Crippen molar-refractivity contribution in [3.8, 4) is 0 Å². The number of ketones is 1. The van der Waals surface area contributed by atoms with Crippen molar-refractivity contribution in [1.82, 2.24) is 5.32 Å². The van der Waals surface area contributed by atoms with Gasteiger partial charge < -0.3 is 20.3 Å². The first-order chi connectivity index (χ1) is 11.1. The first-order valence-electron chi connectivity index (χ1n) is 6.95. The second-order valence-electron chi connectivity index (χ2n) is 5.39. The number of halogens is 3. The predicted octanol–water partition coefficient (Wildman–Crippen LogP) is 0.742. The molecule has 0 fully saturated rings. The van der Waals surface area contributed by atoms with Gasteiger partial charge in [-0.3, -0.25) is 4.79 Å². The van der Waals surface area contributed by atoms with Gasteiger partial charge in [0.25, 0.3) is 0 Å². The Labute approximate surface area is 133 Å². The van der Waals surface area contributed by atoms with Crippen molar-refractivity contribution in [1.29, 1.82) is 0 Å². The summed E-state index contributed by atoms with van der Waals surface area (Å²) < 4.78 is 44.5. The number of ether oxygens (including phenoxy) is 1. The van der Waals surface area contributed by atoms with Gasteiger partial charge in [0, 0.05) is 11.1 Å². The SMILES string of the molecule is CCOC(=O)C1=C(C(F)(F)F)N[C@@]2(O)c3ccccc3C(=O)[C@]12O. The number of rotatable bonds is 2. The Kier molecular flexibility index (Phi) is 3.30. The van der Waals surface area contributed by atoms with Gasteiger partial charge in [0.2, 0.25) is 17.1 Å². The first kappa shape index (κ1) is 16.5. The van der Waals surface area contributed by atoms with E-state index >= 15 is 0 Å². The molecule has 0 radical (unpaired) electrons. The van der Waals surface area contributed by atoms with Crippen molar-refractivity contribution in [3.63, 3.8) is 0 Å². The molecule has 0 amide bonds. The molecule has 9 heteroatoms. The van der Waals surface area contributed by atoms with Crippen molar-refractivity contribution in [3.05, 3.63) is 46.7 Å². The van der Waals surface area contributed by atoms with Crippen LogP contribution in [0.1, 0.15) is 22.8 Å². The van der Waals surface area contributed by atoms with Crippen molar-refractivity contribution >= 4 is 11.8 Å². The van der Waals surface area contributed by atoms with E-state index in [2.05, 4.69) is 4.74 Å². The van der Waals surface area contributed by atoms with Crippen LogP contribution in [0.5, 0.6) is 0 Å². The molecule has 1 aliphatic heterocycles. The molecule has 0 aromatic heterocycles. The molecule has 1 heterocycles. The maximum absolute atomic E-state index is 13.3. The van der Waals surface area contributed by atoms with E-state index in [9.17, 15) is 33.0 Å². The van der Waals surface area contributed by atoms with Crippen LogP contribution in [-0.4, -0.2) is 40.3 Å². The quantitative estimate of drug-likeness (QED) is 0.686. The fourth-order valence-corrected chi connectivity index (χ4v) is 3.09. The van der Waals surface area contributed by atoms with Gasteiger partial charge >= 0.3 is 12.1 Å². The van der Waals surface area contributed by atoms with Gasteiger partial charge in [0.15, 0.2) is 0 Å². The molecule has 0 spiro atoms. The predicted molar refractivity (Wildman–Crippen MR) is 72.5 cm³/mol. The minimum atomic E-state index is -5.12. The average Bonchev–Trinajstić information content (AvgIpc) is 2.85. The van der Waals surface area contributed by atoms with E-state index in [0.717, 1.165) is 0 Å². The zero-order valence-corrected chi connectivity index (χ0v) is 12.3. The maximum atomic E-state index is 13.3. The highest BCUT2D eigenvalue weighted by Gasteiger charge is 2.73. The maximum Gasteiger partial charge on any atom is 0.431 e. The first-order valence-corrected chi connectivity index (χ1v) is 6.95. The highest BCUT2D eigenvalue weighted by molar-refractivity contribution is 6.16. The van der Waals surface area contributed by atoms with Crippen molar-refractivity contribution in [2.24, 2.45) is 0 Å². The number of alkyl halides is 3. The summed E-state index contributed by atoms with van der Waals surface area (Å²) >= 11 is 0. The second-order valence-corrected chi connectivity index (χ2v) is 5.39. The van der Waals surface area contributed by atoms with Crippen molar-refractivity contribution in [2.75, 3.05) is 6.61 Å². The van der Waals surface area contributed by atoms with Crippen molar-refractivity contribution < 1.29 is 37.7 Å². The Balaban J connectivity index is 2.29. The number of aliphatic hydroxyl groups is 2. The zero-order valence-electron chi connectivity index (χ0n) is 12.3. The molecule has 0 bridgehead atoms. The van der Waals surface area contributed by atoms with Gasteiger partial charge in [-0.15, -0.1) is 0 Å². The van der Waals surface area contributed by atoms with Crippen LogP contribution in [0.25, 0.3) is 0 Å². The average molecular weight is 343 g/mol. The van der Waals surface area contributed by atoms with Crippen LogP contribution in [-0.2, 0) is 15.3 Å². The van der Waals surface area contributed by atoms with E-state index in [1.807, 2.05) is 0 Å². The van der Waals surface area contributed by atoms with Gasteiger partial charge in [-0.25, -0.2) is 4.79 Å². The number of carbonyl (C=O) groups excluding carboxylic acids is 2. The van der Waals surface area contributed by atoms with Crippen LogP contribution >= 0.6 is 0 Å². The lowest BCUT2D eigenvalue weighted by Gasteiger charge is -2.31. The van der Waals surface area contributed by atoms with E-state index in [4.69, 9.17) is 0 Å². The number of benzene rings is 1. The Morgan fingerprint density at radius 3 is 2.50 bits per heavy atom. The van der Waals surface area contributed by atoms with Gasteiger partial charge in [-0.05, 0) is 6.92 Å². The summed E-state index contributed by atoms with van der Waals surface area (Å²) in [6.07, 6.45) is -5.12. The van der Waals surface area contributed by atoms with Gasteiger partial charge in [0.1, 0.15) is 11.3 Å². The lowest BCUT2D eigenvalue weighted by Crippen LogP contribution is -2.56. The Hall–Kier alpha value is -2.39. The molecule has 24 heavy (non-hydrogen) atoms. The fourth-order valence-electron chi connectivity index (χ4n) is 3.09. The fraction of sp³-hybridized carbons (Fsp3) is 0.333. The molecule has 3 N–H and O–H groups in total. The molecular formula is C15H12F3NO5. The van der Waals surface area contributed by atoms with Crippen LogP contribution in [0.2, 0.25) is 0 Å². The molecule has 0 saturated carbocycles. The number of hydrogen-bond donors (Lipinski definition) is 3. The highest BCUT2D eigenvalue weighted by atomic mass is 19.4. The third-order valence-electron chi connectivity index (χ3n) is 4.09. The minimum absolute atomic E-state index is 0.182. The Morgan fingerprint density at radius 2 is 1.92 bits per heavy atom. The summed E-state index contributed by atoms with van der Waals surface area (Å²) in [4.78, 5) is 24.6. The Morgan fingerprint density at radius 1 is 1.29 bits per heavy atom. The number of esters is 1. The number of fused-ring (bicyclic) bond motifs is 3. The van der Waals surface area contributed by atoms with Crippen LogP contribution in [0, 0.1) is 0 Å². The van der Waals surface area contributed by atoms with Crippen LogP contribution < -0.4 is 5.32 Å². The lowest BCUT2D eigenvalue weighted by atomic mass is 9.85. The van der Waals surface area contributed by atoms with E-state index in [0.29, 0.717) is 0 Å². The summed E-state index contributed by atoms with van der Waals surface area (Å²) in [7, 11) is 0. The molecule has 128 valence electrons. The van der Waals surface area contributed by atoms with Crippen LogP contribution in [0.15, 0.2) is 35.5 Å². The van der Waals surface area contributed by atoms with Crippen LogP contribution in [0.4, 0.5) is 13.2 Å². The van der Waals surface area contributed by atoms with Crippen molar-refractivity contribution in [2.45, 2.75) is 24.4 Å². The smallest absolute Gasteiger partial charge is 0.431 e. The molecule has 2 aliphatic rings. The van der Waals surface area contributed by atoms with Gasteiger partial charge in [0.05, 0.1) is 6.61 Å². The summed E-state index contributed by atoms with van der Waals surface area (Å²) in [5, 5.41) is 23.2. The molecule has 0 saturated heterocycles. The monoisotopic (exact) mass is 343 g/mol. The molecule has 2 atom stereocenters. The minimum Gasteiger partial charge on any atom is -0.462 e. The molecule has 3 rings (SSSR count). The third-order valence-corrected chi connectivity index (χ3v) is 4.09. The summed E-state index contributed by atoms with van der Waals surface area (Å²) in [5.74, 6) is -2.74. The molecular weight excluding hydrogens is 331 g/mol. The normalized spacial score (nSPS) is 28.5. The number of nitrogens with one attached hydrogen (secondary N) is 1. The standard InChI is InChI=1S/C15H12F3NO5/c1-2-24-12(21)9-10(15(16,17)18)19-14(23)8-6-4-3-5-7(8)11(20)13(9,14)22/h3-6,19,22-23H,2H2,1H3/t13-,14-/m1/s1. The molecule has 6 nitrogen and oxygen atoms in total. The van der Waals surface area contributed by atoms with Gasteiger partial charge in [-0.1, -0.05) is 24.3 Å². The van der Waals surface area contributed by atoms with E-state index in [1.54, 1.807) is 5.32 Å². The Bertz CT molecular complexity index is 788. The number of Topliss-reactive ketones (excluding diaryl/α,β-unsaturated/α-hetero) is 1. The second kappa shape index (κ2) is 4.81. The third kappa shape index (κ3) is 1.79. The summed E-state index contributed by atoms with van der Waals surface area (Å²) in [5.41, 5.74) is -9.42. The molecule has 1 aliphatic carbocycles. The summed E-state index contributed by atoms with van der Waals surface area (Å²) in [6.45, 7) is 1.08. The molecule has 0 unspecified atom stereocenters. The topological polar surface area (TPSA) is 95.9 Å². The number of hydrogen-bond acceptors (Lipinski definition) is 6. The largest absolute Gasteiger partial charge is 0.462 e. The number of allylic oxidation sites excluding steroid dienone is 1. The lowest BCUT2D eigenvalue weighted by molar-refractivity contribution is -0.146. The van der Waals surface area contributed by atoms with E-state index < -0.39 is 40.5 Å². The summed E-state index contributed by atoms with van der Waals surface area (Å²) in [6, 6.07) is 5.24. The zero-order chi connectivity index (χ0) is 17.9. The number of carbonyl (C=O) groups is 2. The van der Waals surface area contributed by atoms with Crippen LogP contribution in [0.3, 0.4) is 0 Å². The molecule has 1 aromatic carbocycles. The molecule has 1 aromatic rings.